The zero-order valence-corrected chi connectivity index (χ0v) is 6.95. The van der Waals surface area contributed by atoms with E-state index in [1.54, 1.807) is 11.5 Å². The third-order valence-corrected chi connectivity index (χ3v) is 2.75. The molecule has 0 aliphatic carbocycles. The first-order valence-electron chi connectivity index (χ1n) is 2.59. The van der Waals surface area contributed by atoms with Crippen LogP contribution in [0.15, 0.2) is 27.1 Å². The minimum Gasteiger partial charge on any atom is -0.315 e. The maximum absolute atomic E-state index is 10.8. The number of sulfonamides is 1. The molecule has 0 saturated carbocycles. The van der Waals surface area contributed by atoms with Gasteiger partial charge in [-0.15, -0.1) is 0 Å². The van der Waals surface area contributed by atoms with Crippen molar-refractivity contribution in [3.63, 3.8) is 0 Å². The van der Waals surface area contributed by atoms with Gasteiger partial charge in [0, 0.05) is 0 Å². The number of nitrogens with zero attached hydrogens (tertiary/aromatic N) is 1. The number of hydrogen-bond acceptors (Lipinski definition) is 5. The molecule has 60 valence electrons. The molecule has 0 aromatic heterocycles. The summed E-state index contributed by atoms with van der Waals surface area (Å²) < 4.78 is 26.6. The fourth-order valence-corrected chi connectivity index (χ4v) is 1.80. The Bertz CT molecular complexity index is 316. The average Bonchev–Trinajstić information content (AvgIpc) is 2.06. The molecule has 0 spiro atoms. The molecule has 0 radical (unpaired) electrons. The van der Waals surface area contributed by atoms with Crippen molar-refractivity contribution in [3.8, 4) is 0 Å². The molecule has 0 aromatic carbocycles. The summed E-state index contributed by atoms with van der Waals surface area (Å²) in [6, 6.07) is 0. The van der Waals surface area contributed by atoms with Crippen LogP contribution in [0.1, 0.15) is 0 Å². The summed E-state index contributed by atoms with van der Waals surface area (Å²) in [6.07, 6.45) is 2.92. The van der Waals surface area contributed by atoms with E-state index in [9.17, 15) is 8.42 Å². The second kappa shape index (κ2) is 3.05. The van der Waals surface area contributed by atoms with Crippen molar-refractivity contribution in [1.29, 1.82) is 5.53 Å². The largest absolute Gasteiger partial charge is 0.315 e. The van der Waals surface area contributed by atoms with E-state index in [0.29, 0.717) is 0 Å². The molecule has 7 heteroatoms. The van der Waals surface area contributed by atoms with E-state index in [1.807, 2.05) is 0 Å². The standard InChI is InChI=1S/C4H5N3O2S2/c5-7-11(8,9)4-2-1-3-10-6-4/h1-3,5-6H. The van der Waals surface area contributed by atoms with E-state index in [-0.39, 0.29) is 5.03 Å². The van der Waals surface area contributed by atoms with E-state index >= 15 is 0 Å². The van der Waals surface area contributed by atoms with Crippen LogP contribution in [0.2, 0.25) is 0 Å². The van der Waals surface area contributed by atoms with Gasteiger partial charge in [0.25, 0.3) is 0 Å². The van der Waals surface area contributed by atoms with Gasteiger partial charge in [-0.2, -0.15) is 13.9 Å². The van der Waals surface area contributed by atoms with Crippen LogP contribution in [-0.2, 0) is 10.0 Å². The van der Waals surface area contributed by atoms with Gasteiger partial charge in [0.05, 0.1) is 0 Å². The Kier molecular flexibility index (Phi) is 2.30. The predicted octanol–water partition coefficient (Wildman–Crippen LogP) is 0.954. The summed E-state index contributed by atoms with van der Waals surface area (Å²) in [7, 11) is -3.75. The van der Waals surface area contributed by atoms with E-state index in [2.05, 4.69) is 9.24 Å². The Morgan fingerprint density at radius 3 is 2.82 bits per heavy atom. The van der Waals surface area contributed by atoms with Crippen LogP contribution in [0, 0.1) is 5.53 Å². The normalized spacial score (nSPS) is 16.9. The molecule has 0 unspecified atom stereocenters. The van der Waals surface area contributed by atoms with E-state index in [1.165, 1.54) is 6.08 Å². The maximum Gasteiger partial charge on any atom is 0.315 e. The smallest absolute Gasteiger partial charge is 0.315 e. The van der Waals surface area contributed by atoms with Crippen LogP contribution in [0.4, 0.5) is 0 Å². The van der Waals surface area contributed by atoms with Crippen molar-refractivity contribution in [1.82, 2.24) is 4.72 Å². The molecular formula is C4H5N3O2S2. The molecule has 0 bridgehead atoms. The first-order valence-corrected chi connectivity index (χ1v) is 4.91. The molecule has 0 fully saturated rings. The summed E-state index contributed by atoms with van der Waals surface area (Å²) in [4.78, 5) is 0. The van der Waals surface area contributed by atoms with Gasteiger partial charge >= 0.3 is 10.0 Å². The molecule has 11 heavy (non-hydrogen) atoms. The van der Waals surface area contributed by atoms with Crippen LogP contribution in [0.25, 0.3) is 0 Å². The molecule has 1 rings (SSSR count). The van der Waals surface area contributed by atoms with Gasteiger partial charge in [-0.3, -0.25) is 0 Å². The number of nitrogens with one attached hydrogen (secondary N) is 2. The summed E-state index contributed by atoms with van der Waals surface area (Å²) >= 11 is 1.12. The first kappa shape index (κ1) is 8.28. The van der Waals surface area contributed by atoms with Gasteiger partial charge in [0.15, 0.2) is 5.03 Å². The zero-order valence-electron chi connectivity index (χ0n) is 5.31. The van der Waals surface area contributed by atoms with E-state index < -0.39 is 10.0 Å². The van der Waals surface area contributed by atoms with Crippen LogP contribution in [0.3, 0.4) is 0 Å². The van der Waals surface area contributed by atoms with E-state index in [0.717, 1.165) is 11.9 Å². The molecule has 0 atom stereocenters. The van der Waals surface area contributed by atoms with Gasteiger partial charge < -0.3 is 4.72 Å². The van der Waals surface area contributed by atoms with Crippen molar-refractivity contribution in [2.24, 2.45) is 4.52 Å². The molecule has 1 aliphatic rings. The molecular weight excluding hydrogens is 186 g/mol. The zero-order chi connectivity index (χ0) is 8.32. The number of hydrogen-bond donors (Lipinski definition) is 2. The lowest BCUT2D eigenvalue weighted by molar-refractivity contribution is 0.599. The van der Waals surface area contributed by atoms with Crippen LogP contribution < -0.4 is 4.72 Å². The van der Waals surface area contributed by atoms with Crippen molar-refractivity contribution in [2.45, 2.75) is 0 Å². The lowest BCUT2D eigenvalue weighted by Crippen LogP contribution is -2.12. The van der Waals surface area contributed by atoms with Crippen molar-refractivity contribution >= 4 is 22.0 Å². The lowest BCUT2D eigenvalue weighted by Gasteiger charge is -2.06. The van der Waals surface area contributed by atoms with Gasteiger partial charge in [-0.25, -0.2) is 0 Å². The molecule has 1 aliphatic heterocycles. The molecule has 1 heterocycles. The Morgan fingerprint density at radius 1 is 1.64 bits per heavy atom. The quantitative estimate of drug-likeness (QED) is 0.503. The Labute approximate surface area is 68.3 Å². The molecule has 0 amide bonds. The fraction of sp³-hybridized carbons (Fsp3) is 0. The average molecular weight is 191 g/mol. The summed E-state index contributed by atoms with van der Waals surface area (Å²) in [5, 5.41) is 1.63. The first-order chi connectivity index (χ1) is 5.17. The Balaban J connectivity index is 3.00. The van der Waals surface area contributed by atoms with Crippen LogP contribution in [-0.4, -0.2) is 8.42 Å². The minimum atomic E-state index is -3.75. The van der Waals surface area contributed by atoms with Crippen molar-refractivity contribution < 1.29 is 8.42 Å². The van der Waals surface area contributed by atoms with Crippen molar-refractivity contribution in [2.75, 3.05) is 0 Å². The highest BCUT2D eigenvalue weighted by Crippen LogP contribution is 2.14. The van der Waals surface area contributed by atoms with Crippen LogP contribution in [0.5, 0.6) is 0 Å². The number of rotatable bonds is 2. The second-order valence-corrected chi connectivity index (χ2v) is 3.93. The molecule has 5 nitrogen and oxygen atoms in total. The number of allylic oxidation sites excluding steroid dienone is 2. The highest BCUT2D eigenvalue weighted by atomic mass is 32.2. The summed E-state index contributed by atoms with van der Waals surface area (Å²) in [6.45, 7) is 0. The van der Waals surface area contributed by atoms with Gasteiger partial charge in [0.1, 0.15) is 0 Å². The van der Waals surface area contributed by atoms with Crippen LogP contribution >= 0.6 is 11.9 Å². The Hall–Kier alpha value is -0.820. The van der Waals surface area contributed by atoms with E-state index in [4.69, 9.17) is 5.53 Å². The third kappa shape index (κ3) is 1.81. The van der Waals surface area contributed by atoms with Gasteiger partial charge in [-0.1, -0.05) is 10.6 Å². The summed E-state index contributed by atoms with van der Waals surface area (Å²) in [5.41, 5.74) is 6.36. The molecule has 2 N–H and O–H groups in total. The topological polar surface area (TPSA) is 82.4 Å². The second-order valence-electron chi connectivity index (χ2n) is 1.65. The predicted molar refractivity (Wildman–Crippen MR) is 42.0 cm³/mol. The highest BCUT2D eigenvalue weighted by Gasteiger charge is 2.16. The molecule has 0 saturated heterocycles. The summed E-state index contributed by atoms with van der Waals surface area (Å²) in [5.74, 6) is 0. The van der Waals surface area contributed by atoms with Gasteiger partial charge in [0.2, 0.25) is 0 Å². The maximum atomic E-state index is 10.8. The highest BCUT2D eigenvalue weighted by molar-refractivity contribution is 8.02. The minimum absolute atomic E-state index is 0.0556. The van der Waals surface area contributed by atoms with Gasteiger partial charge in [-0.05, 0) is 23.4 Å². The van der Waals surface area contributed by atoms with Crippen molar-refractivity contribution in [3.05, 3.63) is 22.6 Å². The molecule has 0 aromatic rings. The Morgan fingerprint density at radius 2 is 2.36 bits per heavy atom. The monoisotopic (exact) mass is 191 g/mol. The lowest BCUT2D eigenvalue weighted by atomic mass is 10.6. The SMILES string of the molecule is N=NS(=O)(=O)C1=CC=CSN1. The third-order valence-electron chi connectivity index (χ3n) is 0.952. The fourth-order valence-electron chi connectivity index (χ4n) is 0.480.